The van der Waals surface area contributed by atoms with Crippen LogP contribution in [0.5, 0.6) is 0 Å². The molecule has 0 bridgehead atoms. The molecule has 6 aromatic rings. The number of fused-ring (bicyclic) bond motifs is 1. The van der Waals surface area contributed by atoms with Crippen molar-refractivity contribution in [2.24, 2.45) is 7.05 Å². The normalized spacial score (nSPS) is 13.9. The van der Waals surface area contributed by atoms with Gasteiger partial charge in [0.1, 0.15) is 5.82 Å². The number of hydrogen-bond acceptors (Lipinski definition) is 6. The van der Waals surface area contributed by atoms with Crippen LogP contribution in [0, 0.1) is 0 Å². The molecular formula is C34H34N8O2. The van der Waals surface area contributed by atoms with Gasteiger partial charge in [-0.05, 0) is 46.7 Å². The van der Waals surface area contributed by atoms with Crippen molar-refractivity contribution in [2.45, 2.75) is 57.5 Å². The Morgan fingerprint density at radius 3 is 2.27 bits per heavy atom. The van der Waals surface area contributed by atoms with Gasteiger partial charge in [-0.25, -0.2) is 9.78 Å². The molecule has 44 heavy (non-hydrogen) atoms. The van der Waals surface area contributed by atoms with Crippen LogP contribution < -0.4 is 11.2 Å². The fourth-order valence-electron chi connectivity index (χ4n) is 6.48. The maximum atomic E-state index is 14.1. The number of imidazole rings is 1. The Labute approximate surface area is 254 Å². The first-order valence-corrected chi connectivity index (χ1v) is 15.2. The van der Waals surface area contributed by atoms with Crippen LogP contribution in [0.3, 0.4) is 0 Å². The molecular weight excluding hydrogens is 552 g/mol. The van der Waals surface area contributed by atoms with Crippen LogP contribution >= 0.6 is 0 Å². The molecule has 0 radical (unpaired) electrons. The zero-order chi connectivity index (χ0) is 30.0. The summed E-state index contributed by atoms with van der Waals surface area (Å²) >= 11 is 0. The molecule has 3 heterocycles. The van der Waals surface area contributed by atoms with Crippen LogP contribution in [-0.2, 0) is 26.6 Å². The summed E-state index contributed by atoms with van der Waals surface area (Å²) in [5.41, 5.74) is 5.41. The Bertz CT molecular complexity index is 2020. The number of nitrogens with one attached hydrogen (secondary N) is 1. The summed E-state index contributed by atoms with van der Waals surface area (Å²) in [6.07, 6.45) is 6.16. The molecule has 1 fully saturated rings. The third-order valence-corrected chi connectivity index (χ3v) is 8.82. The molecule has 0 amide bonds. The quantitative estimate of drug-likeness (QED) is 0.266. The van der Waals surface area contributed by atoms with Crippen molar-refractivity contribution in [3.05, 3.63) is 117 Å². The third-order valence-electron chi connectivity index (χ3n) is 8.82. The SMILES string of the molecule is Cn1c(=O)n(CCc2ccccc2)c(=O)c2c1nc(C1CCCCC1)n2Cc1ccc(-c2ccccc2-c2nn[nH]n2)cc1. The van der Waals surface area contributed by atoms with Crippen molar-refractivity contribution in [3.8, 4) is 22.5 Å². The summed E-state index contributed by atoms with van der Waals surface area (Å²) in [6, 6.07) is 26.3. The molecule has 1 saturated carbocycles. The summed E-state index contributed by atoms with van der Waals surface area (Å²) in [5.74, 6) is 1.70. The largest absolute Gasteiger partial charge is 0.332 e. The molecule has 10 nitrogen and oxygen atoms in total. The second kappa shape index (κ2) is 11.9. The fourth-order valence-corrected chi connectivity index (χ4v) is 6.48. The predicted molar refractivity (Wildman–Crippen MR) is 169 cm³/mol. The topological polar surface area (TPSA) is 116 Å². The van der Waals surface area contributed by atoms with Crippen molar-refractivity contribution in [1.29, 1.82) is 0 Å². The van der Waals surface area contributed by atoms with E-state index in [9.17, 15) is 9.59 Å². The zero-order valence-corrected chi connectivity index (χ0v) is 24.7. The van der Waals surface area contributed by atoms with Gasteiger partial charge in [-0.3, -0.25) is 13.9 Å². The summed E-state index contributed by atoms with van der Waals surface area (Å²) in [4.78, 5) is 32.5. The molecule has 0 saturated heterocycles. The Hall–Kier alpha value is -5.12. The molecule has 10 heteroatoms. The number of rotatable bonds is 8. The lowest BCUT2D eigenvalue weighted by molar-refractivity contribution is 0.420. The van der Waals surface area contributed by atoms with Gasteiger partial charge < -0.3 is 4.57 Å². The average Bonchev–Trinajstić information content (AvgIpc) is 3.74. The van der Waals surface area contributed by atoms with E-state index in [-0.39, 0.29) is 17.2 Å². The van der Waals surface area contributed by atoms with Gasteiger partial charge >= 0.3 is 5.69 Å². The van der Waals surface area contributed by atoms with Crippen molar-refractivity contribution in [2.75, 3.05) is 0 Å². The van der Waals surface area contributed by atoms with Gasteiger partial charge in [-0.2, -0.15) is 5.21 Å². The molecule has 1 N–H and O–H groups in total. The molecule has 0 aliphatic heterocycles. The lowest BCUT2D eigenvalue weighted by atomic mass is 9.88. The molecule has 222 valence electrons. The highest BCUT2D eigenvalue weighted by atomic mass is 16.2. The number of nitrogens with zero attached hydrogens (tertiary/aromatic N) is 7. The maximum Gasteiger partial charge on any atom is 0.332 e. The first-order chi connectivity index (χ1) is 21.6. The van der Waals surface area contributed by atoms with E-state index in [1.165, 1.54) is 11.0 Å². The number of aromatic amines is 1. The standard InChI is InChI=1S/C34H34N8O2/c1-40-32-29(33(43)41(34(40)44)21-20-23-10-4-2-5-11-23)42(31(35-32)26-12-6-3-7-13-26)22-24-16-18-25(19-17-24)27-14-8-9-15-28(27)30-36-38-39-37-30/h2,4-5,8-11,14-19,26H,3,6-7,12-13,20-22H2,1H3,(H,36,37,38,39). The van der Waals surface area contributed by atoms with Crippen LogP contribution in [-0.4, -0.2) is 39.3 Å². The van der Waals surface area contributed by atoms with Gasteiger partial charge in [0.2, 0.25) is 5.82 Å². The van der Waals surface area contributed by atoms with Crippen molar-refractivity contribution in [3.63, 3.8) is 0 Å². The second-order valence-electron chi connectivity index (χ2n) is 11.6. The minimum absolute atomic E-state index is 0.254. The molecule has 0 atom stereocenters. The van der Waals surface area contributed by atoms with E-state index < -0.39 is 0 Å². The Morgan fingerprint density at radius 2 is 1.55 bits per heavy atom. The van der Waals surface area contributed by atoms with Gasteiger partial charge in [0.05, 0.1) is 0 Å². The van der Waals surface area contributed by atoms with E-state index in [4.69, 9.17) is 4.98 Å². The lowest BCUT2D eigenvalue weighted by Gasteiger charge is -2.22. The van der Waals surface area contributed by atoms with Gasteiger partial charge in [0.15, 0.2) is 11.2 Å². The van der Waals surface area contributed by atoms with E-state index in [1.807, 2.05) is 54.6 Å². The molecule has 1 aliphatic carbocycles. The Kier molecular flexibility index (Phi) is 7.47. The Morgan fingerprint density at radius 1 is 0.818 bits per heavy atom. The second-order valence-corrected chi connectivity index (χ2v) is 11.6. The molecule has 3 aromatic heterocycles. The third kappa shape index (κ3) is 5.16. The molecule has 1 aliphatic rings. The van der Waals surface area contributed by atoms with Crippen LogP contribution in [0.2, 0.25) is 0 Å². The Balaban J connectivity index is 1.29. The van der Waals surface area contributed by atoms with Crippen LogP contribution in [0.4, 0.5) is 0 Å². The van der Waals surface area contributed by atoms with Gasteiger partial charge in [-0.1, -0.05) is 98.1 Å². The fraction of sp³-hybridized carbons (Fsp3) is 0.294. The number of benzene rings is 3. The number of aryl methyl sites for hydroxylation is 2. The highest BCUT2D eigenvalue weighted by Gasteiger charge is 2.26. The van der Waals surface area contributed by atoms with E-state index in [0.29, 0.717) is 36.5 Å². The number of tetrazole rings is 1. The molecule has 3 aromatic carbocycles. The molecule has 7 rings (SSSR count). The minimum Gasteiger partial charge on any atom is -0.317 e. The summed E-state index contributed by atoms with van der Waals surface area (Å²) in [7, 11) is 1.72. The average molecular weight is 587 g/mol. The van der Waals surface area contributed by atoms with E-state index in [1.54, 1.807) is 11.6 Å². The van der Waals surface area contributed by atoms with Gasteiger partial charge in [-0.15, -0.1) is 10.2 Å². The molecule has 0 unspecified atom stereocenters. The van der Waals surface area contributed by atoms with Crippen LogP contribution in [0.15, 0.2) is 88.5 Å². The highest BCUT2D eigenvalue weighted by Crippen LogP contribution is 2.34. The summed E-state index contributed by atoms with van der Waals surface area (Å²) < 4.78 is 4.99. The lowest BCUT2D eigenvalue weighted by Crippen LogP contribution is -2.40. The summed E-state index contributed by atoms with van der Waals surface area (Å²) in [6.45, 7) is 0.797. The van der Waals surface area contributed by atoms with Crippen molar-refractivity contribution in [1.82, 2.24) is 39.3 Å². The van der Waals surface area contributed by atoms with Crippen LogP contribution in [0.1, 0.15) is 55.0 Å². The highest BCUT2D eigenvalue weighted by molar-refractivity contribution is 5.80. The van der Waals surface area contributed by atoms with Crippen LogP contribution in [0.25, 0.3) is 33.7 Å². The first-order valence-electron chi connectivity index (χ1n) is 15.2. The van der Waals surface area contributed by atoms with E-state index in [0.717, 1.165) is 59.3 Å². The zero-order valence-electron chi connectivity index (χ0n) is 24.7. The van der Waals surface area contributed by atoms with Gasteiger partial charge in [0.25, 0.3) is 5.56 Å². The van der Waals surface area contributed by atoms with Gasteiger partial charge in [0, 0.05) is 31.6 Å². The number of H-pyrrole nitrogens is 1. The number of aromatic nitrogens is 8. The maximum absolute atomic E-state index is 14.1. The monoisotopic (exact) mass is 586 g/mol. The van der Waals surface area contributed by atoms with E-state index >= 15 is 0 Å². The number of hydrogen-bond donors (Lipinski definition) is 1. The van der Waals surface area contributed by atoms with Crippen molar-refractivity contribution >= 4 is 11.2 Å². The first kappa shape index (κ1) is 27.7. The van der Waals surface area contributed by atoms with Crippen molar-refractivity contribution < 1.29 is 0 Å². The molecule has 0 spiro atoms. The summed E-state index contributed by atoms with van der Waals surface area (Å²) in [5, 5.41) is 14.6. The smallest absolute Gasteiger partial charge is 0.317 e. The van der Waals surface area contributed by atoms with E-state index in [2.05, 4.69) is 49.5 Å². The predicted octanol–water partition coefficient (Wildman–Crippen LogP) is 5.08. The minimum atomic E-state index is -0.331.